The van der Waals surface area contributed by atoms with E-state index in [0.29, 0.717) is 18.2 Å². The minimum absolute atomic E-state index is 0.149. The molecule has 4 rings (SSSR count). The zero-order chi connectivity index (χ0) is 23.6. The van der Waals surface area contributed by atoms with Crippen LogP contribution in [0.3, 0.4) is 0 Å². The molecule has 5 heteroatoms. The number of nitrogens with zero attached hydrogens (tertiary/aromatic N) is 2. The summed E-state index contributed by atoms with van der Waals surface area (Å²) in [4.78, 5) is 30.4. The molecule has 0 aromatic heterocycles. The number of aryl methyl sites for hydroxylation is 1. The number of benzene rings is 1. The molecule has 0 bridgehead atoms. The van der Waals surface area contributed by atoms with Crippen LogP contribution in [-0.2, 0) is 16.0 Å². The minimum Gasteiger partial charge on any atom is -0.353 e. The fourth-order valence-corrected chi connectivity index (χ4v) is 6.25. The molecule has 3 fully saturated rings. The summed E-state index contributed by atoms with van der Waals surface area (Å²) in [6, 6.07) is 11.0. The Morgan fingerprint density at radius 3 is 2.35 bits per heavy atom. The van der Waals surface area contributed by atoms with Gasteiger partial charge in [0.15, 0.2) is 0 Å². The SMILES string of the molecule is O=C(CC1CCCCC1)NC1CCC(C(=O)N2CCCN(CCCc3ccccc3)CC2)CC1. The molecule has 1 saturated heterocycles. The fraction of sp³-hybridized carbons (Fsp3) is 0.724. The molecule has 0 radical (unpaired) electrons. The lowest BCUT2D eigenvalue weighted by atomic mass is 9.84. The number of hydrogen-bond donors (Lipinski definition) is 1. The van der Waals surface area contributed by atoms with Gasteiger partial charge in [-0.05, 0) is 82.4 Å². The summed E-state index contributed by atoms with van der Waals surface area (Å²) in [7, 11) is 0. The van der Waals surface area contributed by atoms with Crippen molar-refractivity contribution in [3.05, 3.63) is 35.9 Å². The van der Waals surface area contributed by atoms with Gasteiger partial charge < -0.3 is 15.1 Å². The summed E-state index contributed by atoms with van der Waals surface area (Å²) in [5, 5.41) is 3.28. The summed E-state index contributed by atoms with van der Waals surface area (Å²) in [6.07, 6.45) is 14.2. The quantitative estimate of drug-likeness (QED) is 0.598. The molecule has 1 N–H and O–H groups in total. The van der Waals surface area contributed by atoms with Crippen molar-refractivity contribution >= 4 is 11.8 Å². The molecule has 1 aromatic rings. The fourth-order valence-electron chi connectivity index (χ4n) is 6.25. The van der Waals surface area contributed by atoms with Crippen molar-refractivity contribution in [2.45, 2.75) is 89.5 Å². The Morgan fingerprint density at radius 1 is 0.824 bits per heavy atom. The highest BCUT2D eigenvalue weighted by Crippen LogP contribution is 2.28. The molecule has 1 aliphatic heterocycles. The maximum atomic E-state index is 13.2. The van der Waals surface area contributed by atoms with Crippen LogP contribution in [0.25, 0.3) is 0 Å². The van der Waals surface area contributed by atoms with E-state index >= 15 is 0 Å². The van der Waals surface area contributed by atoms with Crippen molar-refractivity contribution in [2.75, 3.05) is 32.7 Å². The first-order chi connectivity index (χ1) is 16.7. The standard InChI is InChI=1S/C29H45N3O2/c33-28(23-25-11-5-2-6-12-25)30-27-16-14-26(15-17-27)29(34)32-20-8-19-31(21-22-32)18-7-13-24-9-3-1-4-10-24/h1,3-4,9-10,25-27H,2,5-8,11-23H2,(H,30,33). The highest BCUT2D eigenvalue weighted by Gasteiger charge is 2.31. The van der Waals surface area contributed by atoms with Gasteiger partial charge in [0.05, 0.1) is 0 Å². The zero-order valence-electron chi connectivity index (χ0n) is 21.1. The second kappa shape index (κ2) is 13.3. The van der Waals surface area contributed by atoms with Crippen LogP contribution in [-0.4, -0.2) is 60.4 Å². The van der Waals surface area contributed by atoms with Crippen LogP contribution in [0.5, 0.6) is 0 Å². The van der Waals surface area contributed by atoms with Crippen LogP contribution in [0.4, 0.5) is 0 Å². The lowest BCUT2D eigenvalue weighted by Crippen LogP contribution is -2.43. The van der Waals surface area contributed by atoms with Gasteiger partial charge in [-0.25, -0.2) is 0 Å². The Labute approximate surface area is 206 Å². The molecule has 2 amide bonds. The minimum atomic E-state index is 0.149. The first-order valence-corrected chi connectivity index (χ1v) is 14.0. The number of carbonyl (C=O) groups excluding carboxylic acids is 2. The van der Waals surface area contributed by atoms with Gasteiger partial charge in [0.25, 0.3) is 0 Å². The number of rotatable bonds is 8. The number of amides is 2. The van der Waals surface area contributed by atoms with Crippen molar-refractivity contribution in [3.63, 3.8) is 0 Å². The van der Waals surface area contributed by atoms with E-state index in [2.05, 4.69) is 45.4 Å². The molecular weight excluding hydrogens is 422 g/mol. The van der Waals surface area contributed by atoms with Crippen molar-refractivity contribution in [3.8, 4) is 0 Å². The van der Waals surface area contributed by atoms with Crippen LogP contribution in [0, 0.1) is 11.8 Å². The first kappa shape index (κ1) is 25.2. The second-order valence-electron chi connectivity index (χ2n) is 10.9. The van der Waals surface area contributed by atoms with Crippen molar-refractivity contribution in [1.29, 1.82) is 0 Å². The average molecular weight is 468 g/mol. The summed E-state index contributed by atoms with van der Waals surface area (Å²) >= 11 is 0. The number of hydrogen-bond acceptors (Lipinski definition) is 3. The summed E-state index contributed by atoms with van der Waals surface area (Å²) in [6.45, 7) is 4.96. The van der Waals surface area contributed by atoms with E-state index < -0.39 is 0 Å². The average Bonchev–Trinajstić information content (AvgIpc) is 3.11. The molecule has 2 aliphatic carbocycles. The number of nitrogens with one attached hydrogen (secondary N) is 1. The predicted octanol–water partition coefficient (Wildman–Crippen LogP) is 4.80. The van der Waals surface area contributed by atoms with E-state index in [1.807, 2.05) is 0 Å². The molecular formula is C29H45N3O2. The third kappa shape index (κ3) is 7.83. The van der Waals surface area contributed by atoms with Gasteiger partial charge in [-0.1, -0.05) is 49.6 Å². The Balaban J connectivity index is 1.13. The van der Waals surface area contributed by atoms with Gasteiger partial charge in [-0.15, -0.1) is 0 Å². The molecule has 188 valence electrons. The van der Waals surface area contributed by atoms with Gasteiger partial charge in [0, 0.05) is 38.0 Å². The first-order valence-electron chi connectivity index (χ1n) is 14.0. The van der Waals surface area contributed by atoms with E-state index in [9.17, 15) is 9.59 Å². The topological polar surface area (TPSA) is 52.7 Å². The van der Waals surface area contributed by atoms with Crippen molar-refractivity contribution < 1.29 is 9.59 Å². The zero-order valence-corrected chi connectivity index (χ0v) is 21.1. The molecule has 2 saturated carbocycles. The lowest BCUT2D eigenvalue weighted by molar-refractivity contribution is -0.136. The Kier molecular flexibility index (Phi) is 9.85. The van der Waals surface area contributed by atoms with E-state index in [1.165, 1.54) is 44.1 Å². The monoisotopic (exact) mass is 467 g/mol. The molecule has 0 spiro atoms. The molecule has 0 unspecified atom stereocenters. The maximum Gasteiger partial charge on any atom is 0.225 e. The van der Waals surface area contributed by atoms with Gasteiger partial charge >= 0.3 is 0 Å². The van der Waals surface area contributed by atoms with Crippen LogP contribution in [0.1, 0.15) is 82.6 Å². The second-order valence-corrected chi connectivity index (χ2v) is 10.9. The number of carbonyl (C=O) groups is 2. The Morgan fingerprint density at radius 2 is 1.59 bits per heavy atom. The molecule has 3 aliphatic rings. The largest absolute Gasteiger partial charge is 0.353 e. The van der Waals surface area contributed by atoms with Gasteiger partial charge in [0.1, 0.15) is 0 Å². The maximum absolute atomic E-state index is 13.2. The van der Waals surface area contributed by atoms with Crippen LogP contribution < -0.4 is 5.32 Å². The molecule has 5 nitrogen and oxygen atoms in total. The van der Waals surface area contributed by atoms with Gasteiger partial charge in [-0.3, -0.25) is 9.59 Å². The lowest BCUT2D eigenvalue weighted by Gasteiger charge is -2.32. The van der Waals surface area contributed by atoms with E-state index in [1.54, 1.807) is 0 Å². The summed E-state index contributed by atoms with van der Waals surface area (Å²) in [5.41, 5.74) is 1.41. The van der Waals surface area contributed by atoms with Gasteiger partial charge in [0.2, 0.25) is 11.8 Å². The molecule has 34 heavy (non-hydrogen) atoms. The highest BCUT2D eigenvalue weighted by atomic mass is 16.2. The predicted molar refractivity (Wildman–Crippen MR) is 137 cm³/mol. The summed E-state index contributed by atoms with van der Waals surface area (Å²) < 4.78 is 0. The normalized spacial score (nSPS) is 25.0. The van der Waals surface area contributed by atoms with Gasteiger partial charge in [-0.2, -0.15) is 0 Å². The summed E-state index contributed by atoms with van der Waals surface area (Å²) in [5.74, 6) is 1.34. The van der Waals surface area contributed by atoms with E-state index in [-0.39, 0.29) is 17.9 Å². The van der Waals surface area contributed by atoms with Crippen molar-refractivity contribution in [1.82, 2.24) is 15.1 Å². The van der Waals surface area contributed by atoms with Crippen LogP contribution >= 0.6 is 0 Å². The van der Waals surface area contributed by atoms with E-state index in [0.717, 1.165) is 71.2 Å². The molecule has 1 aromatic carbocycles. The van der Waals surface area contributed by atoms with E-state index in [4.69, 9.17) is 0 Å². The smallest absolute Gasteiger partial charge is 0.225 e. The molecule has 0 atom stereocenters. The Bertz CT molecular complexity index is 754. The van der Waals surface area contributed by atoms with Crippen LogP contribution in [0.2, 0.25) is 0 Å². The third-order valence-corrected chi connectivity index (χ3v) is 8.32. The third-order valence-electron chi connectivity index (χ3n) is 8.32. The molecule has 1 heterocycles. The van der Waals surface area contributed by atoms with Crippen LogP contribution in [0.15, 0.2) is 30.3 Å². The van der Waals surface area contributed by atoms with Crippen molar-refractivity contribution in [2.24, 2.45) is 11.8 Å². The highest BCUT2D eigenvalue weighted by molar-refractivity contribution is 5.79. The Hall–Kier alpha value is -1.88.